The van der Waals surface area contributed by atoms with Crippen molar-refractivity contribution in [2.24, 2.45) is 5.92 Å². The lowest BCUT2D eigenvalue weighted by atomic mass is 9.93. The smallest absolute Gasteiger partial charge is 0.115 e. The zero-order chi connectivity index (χ0) is 13.2. The number of hydrogen-bond acceptors (Lipinski definition) is 4. The molecule has 0 aliphatic carbocycles. The first-order chi connectivity index (χ1) is 8.48. The van der Waals surface area contributed by atoms with Gasteiger partial charge in [-0.25, -0.2) is 9.97 Å². The Hall–Kier alpha value is -1.00. The van der Waals surface area contributed by atoms with E-state index in [1.54, 1.807) is 6.33 Å². The molecule has 4 nitrogen and oxygen atoms in total. The Balaban J connectivity index is 2.10. The number of nitrogens with one attached hydrogen (secondary N) is 1. The predicted octanol–water partition coefficient (Wildman–Crippen LogP) is 1.68. The standard InChI is InChI=1S/C14H24N4/c1-11(2)13-7-17-14(3,4)9-18(13)8-12-5-6-15-10-16-12/h5-6,10-11,13,17H,7-9H2,1-4H3. The topological polar surface area (TPSA) is 41.0 Å². The van der Waals surface area contributed by atoms with E-state index < -0.39 is 0 Å². The second-order valence-corrected chi connectivity index (χ2v) is 6.18. The van der Waals surface area contributed by atoms with Gasteiger partial charge in [-0.15, -0.1) is 0 Å². The number of nitrogens with zero attached hydrogens (tertiary/aromatic N) is 3. The summed E-state index contributed by atoms with van der Waals surface area (Å²) in [5.74, 6) is 0.649. The van der Waals surface area contributed by atoms with E-state index in [0.29, 0.717) is 12.0 Å². The first-order valence-corrected chi connectivity index (χ1v) is 6.72. The molecular formula is C14H24N4. The summed E-state index contributed by atoms with van der Waals surface area (Å²) >= 11 is 0. The molecule has 0 aromatic carbocycles. The predicted molar refractivity (Wildman–Crippen MR) is 73.1 cm³/mol. The van der Waals surface area contributed by atoms with E-state index in [1.807, 2.05) is 12.3 Å². The van der Waals surface area contributed by atoms with Crippen LogP contribution in [-0.2, 0) is 6.54 Å². The molecule has 18 heavy (non-hydrogen) atoms. The Morgan fingerprint density at radius 2 is 2.28 bits per heavy atom. The van der Waals surface area contributed by atoms with Crippen molar-refractivity contribution in [3.8, 4) is 0 Å². The quantitative estimate of drug-likeness (QED) is 0.883. The van der Waals surface area contributed by atoms with Gasteiger partial charge in [0.05, 0.1) is 5.69 Å². The van der Waals surface area contributed by atoms with Crippen molar-refractivity contribution < 1.29 is 0 Å². The minimum absolute atomic E-state index is 0.179. The van der Waals surface area contributed by atoms with E-state index in [2.05, 4.69) is 47.9 Å². The largest absolute Gasteiger partial charge is 0.309 e. The second kappa shape index (κ2) is 5.33. The van der Waals surface area contributed by atoms with Crippen LogP contribution in [0.25, 0.3) is 0 Å². The summed E-state index contributed by atoms with van der Waals surface area (Å²) in [6.07, 6.45) is 3.45. The summed E-state index contributed by atoms with van der Waals surface area (Å²) in [5.41, 5.74) is 1.28. The molecule has 100 valence electrons. The van der Waals surface area contributed by atoms with Gasteiger partial charge in [0.25, 0.3) is 0 Å². The van der Waals surface area contributed by atoms with Crippen LogP contribution in [0.5, 0.6) is 0 Å². The van der Waals surface area contributed by atoms with Crippen LogP contribution in [-0.4, -0.2) is 39.5 Å². The maximum atomic E-state index is 4.34. The molecule has 2 heterocycles. The van der Waals surface area contributed by atoms with Gasteiger partial charge < -0.3 is 5.32 Å². The monoisotopic (exact) mass is 248 g/mol. The molecule has 0 saturated carbocycles. The highest BCUT2D eigenvalue weighted by Crippen LogP contribution is 2.21. The molecule has 1 aromatic rings. The van der Waals surface area contributed by atoms with Gasteiger partial charge in [-0.1, -0.05) is 13.8 Å². The second-order valence-electron chi connectivity index (χ2n) is 6.18. The van der Waals surface area contributed by atoms with E-state index in [-0.39, 0.29) is 5.54 Å². The van der Waals surface area contributed by atoms with Crippen LogP contribution in [0.3, 0.4) is 0 Å². The van der Waals surface area contributed by atoms with Crippen LogP contribution < -0.4 is 5.32 Å². The molecule has 1 aliphatic heterocycles. The Bertz CT molecular complexity index is 375. The molecule has 1 N–H and O–H groups in total. The van der Waals surface area contributed by atoms with Crippen LogP contribution in [0.15, 0.2) is 18.6 Å². The highest BCUT2D eigenvalue weighted by Gasteiger charge is 2.33. The van der Waals surface area contributed by atoms with Crippen molar-refractivity contribution in [2.75, 3.05) is 13.1 Å². The summed E-state index contributed by atoms with van der Waals surface area (Å²) < 4.78 is 0. The maximum Gasteiger partial charge on any atom is 0.115 e. The fraction of sp³-hybridized carbons (Fsp3) is 0.714. The van der Waals surface area contributed by atoms with Gasteiger partial charge in [0.2, 0.25) is 0 Å². The van der Waals surface area contributed by atoms with Gasteiger partial charge in [-0.05, 0) is 25.8 Å². The lowest BCUT2D eigenvalue weighted by Gasteiger charge is -2.46. The Kier molecular flexibility index (Phi) is 3.97. The summed E-state index contributed by atoms with van der Waals surface area (Å²) in [6.45, 7) is 12.1. The van der Waals surface area contributed by atoms with Gasteiger partial charge in [-0.2, -0.15) is 0 Å². The fourth-order valence-corrected chi connectivity index (χ4v) is 2.64. The first-order valence-electron chi connectivity index (χ1n) is 6.72. The highest BCUT2D eigenvalue weighted by molar-refractivity contribution is 5.01. The van der Waals surface area contributed by atoms with Gasteiger partial charge in [0.1, 0.15) is 6.33 Å². The molecule has 0 spiro atoms. The van der Waals surface area contributed by atoms with Gasteiger partial charge >= 0.3 is 0 Å². The molecule has 2 rings (SSSR count). The van der Waals surface area contributed by atoms with Crippen LogP contribution >= 0.6 is 0 Å². The van der Waals surface area contributed by atoms with Crippen molar-refractivity contribution >= 4 is 0 Å². The molecule has 1 aliphatic rings. The first kappa shape index (κ1) is 13.4. The van der Waals surface area contributed by atoms with Crippen LogP contribution in [0.1, 0.15) is 33.4 Å². The summed E-state index contributed by atoms with van der Waals surface area (Å²) in [5, 5.41) is 3.63. The molecule has 1 fully saturated rings. The van der Waals surface area contributed by atoms with Crippen LogP contribution in [0.2, 0.25) is 0 Å². The molecule has 0 radical (unpaired) electrons. The van der Waals surface area contributed by atoms with Crippen molar-refractivity contribution in [1.29, 1.82) is 0 Å². The lowest BCUT2D eigenvalue weighted by molar-refractivity contribution is 0.0616. The summed E-state index contributed by atoms with van der Waals surface area (Å²) in [7, 11) is 0. The van der Waals surface area contributed by atoms with Gasteiger partial charge in [0.15, 0.2) is 0 Å². The van der Waals surface area contributed by atoms with E-state index in [1.165, 1.54) is 0 Å². The molecule has 1 atom stereocenters. The summed E-state index contributed by atoms with van der Waals surface area (Å²) in [6, 6.07) is 2.58. The molecule has 1 aromatic heterocycles. The summed E-state index contributed by atoms with van der Waals surface area (Å²) in [4.78, 5) is 10.9. The van der Waals surface area contributed by atoms with Gasteiger partial charge in [-0.3, -0.25) is 4.90 Å². The van der Waals surface area contributed by atoms with Crippen molar-refractivity contribution in [1.82, 2.24) is 20.2 Å². The van der Waals surface area contributed by atoms with Crippen molar-refractivity contribution in [3.05, 3.63) is 24.3 Å². The molecule has 1 saturated heterocycles. The molecule has 0 amide bonds. The molecule has 1 unspecified atom stereocenters. The normalized spacial score (nSPS) is 24.4. The third-order valence-electron chi connectivity index (χ3n) is 3.63. The number of piperazine rings is 1. The lowest BCUT2D eigenvalue weighted by Crippen LogP contribution is -2.62. The zero-order valence-electron chi connectivity index (χ0n) is 11.8. The van der Waals surface area contributed by atoms with Crippen molar-refractivity contribution in [2.45, 2.75) is 45.8 Å². The SMILES string of the molecule is CC(C)C1CNC(C)(C)CN1Cc1ccncn1. The minimum atomic E-state index is 0.179. The average molecular weight is 248 g/mol. The maximum absolute atomic E-state index is 4.34. The number of hydrogen-bond donors (Lipinski definition) is 1. The Morgan fingerprint density at radius 3 is 2.89 bits per heavy atom. The average Bonchev–Trinajstić information content (AvgIpc) is 2.28. The molecule has 4 heteroatoms. The third kappa shape index (κ3) is 3.27. The van der Waals surface area contributed by atoms with E-state index >= 15 is 0 Å². The van der Waals surface area contributed by atoms with Crippen LogP contribution in [0.4, 0.5) is 0 Å². The molecular weight excluding hydrogens is 224 g/mol. The Labute approximate surface area is 110 Å². The van der Waals surface area contributed by atoms with Crippen molar-refractivity contribution in [3.63, 3.8) is 0 Å². The third-order valence-corrected chi connectivity index (χ3v) is 3.63. The number of aromatic nitrogens is 2. The van der Waals surface area contributed by atoms with E-state index in [4.69, 9.17) is 0 Å². The molecule has 0 bridgehead atoms. The fourth-order valence-electron chi connectivity index (χ4n) is 2.64. The minimum Gasteiger partial charge on any atom is -0.309 e. The number of rotatable bonds is 3. The highest BCUT2D eigenvalue weighted by atomic mass is 15.3. The van der Waals surface area contributed by atoms with Gasteiger partial charge in [0, 0.05) is 37.4 Å². The zero-order valence-corrected chi connectivity index (χ0v) is 11.8. The van der Waals surface area contributed by atoms with E-state index in [0.717, 1.165) is 25.3 Å². The van der Waals surface area contributed by atoms with Crippen LogP contribution in [0, 0.1) is 5.92 Å². The van der Waals surface area contributed by atoms with E-state index in [9.17, 15) is 0 Å². The Morgan fingerprint density at radius 1 is 1.50 bits per heavy atom.